The lowest BCUT2D eigenvalue weighted by Crippen LogP contribution is -2.52. The van der Waals surface area contributed by atoms with Gasteiger partial charge in [-0.15, -0.1) is 0 Å². The average Bonchev–Trinajstić information content (AvgIpc) is 2.46. The van der Waals surface area contributed by atoms with Crippen LogP contribution in [0.25, 0.3) is 0 Å². The summed E-state index contributed by atoms with van der Waals surface area (Å²) in [6.45, 7) is 2.83. The summed E-state index contributed by atoms with van der Waals surface area (Å²) in [5.41, 5.74) is 0.265. The normalized spacial score (nSPS) is 25.1. The molecule has 0 aromatic rings. The average molecular weight is 307 g/mol. The summed E-state index contributed by atoms with van der Waals surface area (Å²) in [6, 6.07) is 0. The van der Waals surface area contributed by atoms with E-state index in [-0.39, 0.29) is 5.54 Å². The molecule has 3 nitrogen and oxygen atoms in total. The third-order valence-corrected chi connectivity index (χ3v) is 5.12. The summed E-state index contributed by atoms with van der Waals surface area (Å²) in [5, 5.41) is 3.51. The number of nitrogens with zero attached hydrogens (tertiary/aromatic N) is 2. The Morgan fingerprint density at radius 3 is 2.05 bits per heavy atom. The van der Waals surface area contributed by atoms with Gasteiger partial charge in [0.15, 0.2) is 0 Å². The van der Waals surface area contributed by atoms with Gasteiger partial charge in [-0.1, -0.05) is 19.3 Å². The molecule has 6 heteroatoms. The molecule has 0 amide bonds. The molecule has 2 rings (SSSR count). The largest absolute Gasteiger partial charge is 0.401 e. The molecular formula is C15H28F3N3. The van der Waals surface area contributed by atoms with Gasteiger partial charge in [0.1, 0.15) is 0 Å². The van der Waals surface area contributed by atoms with Crippen molar-refractivity contribution < 1.29 is 13.2 Å². The van der Waals surface area contributed by atoms with E-state index in [1.165, 1.54) is 37.0 Å². The van der Waals surface area contributed by atoms with Gasteiger partial charge in [0, 0.05) is 31.7 Å². The molecule has 21 heavy (non-hydrogen) atoms. The molecular weight excluding hydrogens is 279 g/mol. The molecule has 1 heterocycles. The van der Waals surface area contributed by atoms with Crippen LogP contribution in [-0.2, 0) is 0 Å². The van der Waals surface area contributed by atoms with E-state index < -0.39 is 12.7 Å². The minimum absolute atomic E-state index is 0.265. The fourth-order valence-electron chi connectivity index (χ4n) is 3.65. The maximum absolute atomic E-state index is 12.4. The van der Waals surface area contributed by atoms with Crippen LogP contribution in [0.3, 0.4) is 0 Å². The molecule has 0 radical (unpaired) electrons. The summed E-state index contributed by atoms with van der Waals surface area (Å²) in [5.74, 6) is 0. The van der Waals surface area contributed by atoms with Crippen LogP contribution in [0.5, 0.6) is 0 Å². The van der Waals surface area contributed by atoms with E-state index in [4.69, 9.17) is 0 Å². The number of nitrogens with one attached hydrogen (secondary N) is 1. The van der Waals surface area contributed by atoms with Gasteiger partial charge in [0.25, 0.3) is 0 Å². The molecule has 1 saturated heterocycles. The summed E-state index contributed by atoms with van der Waals surface area (Å²) in [4.78, 5) is 3.84. The van der Waals surface area contributed by atoms with Crippen LogP contribution in [0.1, 0.15) is 38.5 Å². The molecule has 0 spiro atoms. The fourth-order valence-corrected chi connectivity index (χ4v) is 3.65. The van der Waals surface area contributed by atoms with Gasteiger partial charge in [-0.3, -0.25) is 4.90 Å². The topological polar surface area (TPSA) is 18.5 Å². The second-order valence-corrected chi connectivity index (χ2v) is 6.57. The minimum atomic E-state index is -4.07. The van der Waals surface area contributed by atoms with Gasteiger partial charge in [-0.2, -0.15) is 13.2 Å². The number of hydrogen-bond donors (Lipinski definition) is 1. The third-order valence-electron chi connectivity index (χ3n) is 5.12. The van der Waals surface area contributed by atoms with Crippen LogP contribution in [-0.4, -0.2) is 67.8 Å². The van der Waals surface area contributed by atoms with E-state index in [1.54, 1.807) is 0 Å². The van der Waals surface area contributed by atoms with Gasteiger partial charge in [-0.25, -0.2) is 0 Å². The monoisotopic (exact) mass is 307 g/mol. The summed E-state index contributed by atoms with van der Waals surface area (Å²) >= 11 is 0. The maximum atomic E-state index is 12.4. The molecule has 0 atom stereocenters. The van der Waals surface area contributed by atoms with Crippen molar-refractivity contribution in [2.75, 3.05) is 46.3 Å². The van der Waals surface area contributed by atoms with Gasteiger partial charge in [-0.05, 0) is 32.9 Å². The van der Waals surface area contributed by atoms with Crippen LogP contribution >= 0.6 is 0 Å². The third kappa shape index (κ3) is 5.42. The Morgan fingerprint density at radius 2 is 1.52 bits per heavy atom. The van der Waals surface area contributed by atoms with E-state index in [2.05, 4.69) is 10.2 Å². The van der Waals surface area contributed by atoms with Gasteiger partial charge >= 0.3 is 6.18 Å². The van der Waals surface area contributed by atoms with Crippen molar-refractivity contribution in [1.29, 1.82) is 0 Å². The highest BCUT2D eigenvalue weighted by molar-refractivity contribution is 4.90. The zero-order valence-electron chi connectivity index (χ0n) is 13.0. The molecule has 0 aromatic heterocycles. The molecule has 1 N–H and O–H groups in total. The standard InChI is InChI=1S/C15H28F3N3/c1-19-14(5-3-2-4-6-14)7-8-20-9-11-21(12-10-20)13-15(16,17)18/h19H,2-13H2,1H3. The smallest absolute Gasteiger partial charge is 0.314 e. The molecule has 0 unspecified atom stereocenters. The highest BCUT2D eigenvalue weighted by Crippen LogP contribution is 2.31. The maximum Gasteiger partial charge on any atom is 0.401 e. The van der Waals surface area contributed by atoms with Crippen LogP contribution in [0.4, 0.5) is 13.2 Å². The Hall–Kier alpha value is -0.330. The number of hydrogen-bond acceptors (Lipinski definition) is 3. The predicted octanol–water partition coefficient (Wildman–Crippen LogP) is 2.48. The quantitative estimate of drug-likeness (QED) is 0.842. The van der Waals surface area contributed by atoms with Crippen molar-refractivity contribution in [1.82, 2.24) is 15.1 Å². The molecule has 0 bridgehead atoms. The highest BCUT2D eigenvalue weighted by atomic mass is 19.4. The van der Waals surface area contributed by atoms with E-state index >= 15 is 0 Å². The van der Waals surface area contributed by atoms with Crippen molar-refractivity contribution in [2.45, 2.75) is 50.2 Å². The number of piperazine rings is 1. The predicted molar refractivity (Wildman–Crippen MR) is 78.4 cm³/mol. The lowest BCUT2D eigenvalue weighted by Gasteiger charge is -2.40. The molecule has 124 valence electrons. The van der Waals surface area contributed by atoms with Crippen molar-refractivity contribution >= 4 is 0 Å². The zero-order valence-corrected chi connectivity index (χ0v) is 13.0. The molecule has 1 saturated carbocycles. The lowest BCUT2D eigenvalue weighted by atomic mass is 9.79. The summed E-state index contributed by atoms with van der Waals surface area (Å²) in [6.07, 6.45) is 3.43. The van der Waals surface area contributed by atoms with Crippen molar-refractivity contribution in [3.63, 3.8) is 0 Å². The first kappa shape index (κ1) is 17.0. The first-order valence-electron chi connectivity index (χ1n) is 8.13. The zero-order chi connectivity index (χ0) is 15.3. The Bertz CT molecular complexity index is 306. The Kier molecular flexibility index (Phi) is 5.91. The van der Waals surface area contributed by atoms with Crippen molar-refractivity contribution in [3.8, 4) is 0 Å². The molecule has 2 fully saturated rings. The molecule has 1 aliphatic heterocycles. The first-order valence-corrected chi connectivity index (χ1v) is 8.13. The molecule has 1 aliphatic carbocycles. The van der Waals surface area contributed by atoms with Gasteiger partial charge < -0.3 is 10.2 Å². The van der Waals surface area contributed by atoms with E-state index in [0.29, 0.717) is 13.1 Å². The fraction of sp³-hybridized carbons (Fsp3) is 1.00. The van der Waals surface area contributed by atoms with E-state index in [9.17, 15) is 13.2 Å². The van der Waals surface area contributed by atoms with Crippen molar-refractivity contribution in [3.05, 3.63) is 0 Å². The highest BCUT2D eigenvalue weighted by Gasteiger charge is 2.33. The summed E-state index contributed by atoms with van der Waals surface area (Å²) < 4.78 is 37.1. The first-order chi connectivity index (χ1) is 9.92. The second-order valence-electron chi connectivity index (χ2n) is 6.57. The molecule has 0 aromatic carbocycles. The van der Waals surface area contributed by atoms with Crippen molar-refractivity contribution in [2.24, 2.45) is 0 Å². The van der Waals surface area contributed by atoms with E-state index in [0.717, 1.165) is 26.1 Å². The Morgan fingerprint density at radius 1 is 0.952 bits per heavy atom. The van der Waals surface area contributed by atoms with Gasteiger partial charge in [0.05, 0.1) is 6.54 Å². The number of halogens is 3. The Balaban J connectivity index is 1.71. The Labute approximate surface area is 125 Å². The molecule has 2 aliphatic rings. The van der Waals surface area contributed by atoms with E-state index in [1.807, 2.05) is 7.05 Å². The van der Waals surface area contributed by atoms with Crippen LogP contribution in [0, 0.1) is 0 Å². The van der Waals surface area contributed by atoms with Crippen LogP contribution in [0.2, 0.25) is 0 Å². The summed E-state index contributed by atoms with van der Waals surface area (Å²) in [7, 11) is 2.05. The van der Waals surface area contributed by atoms with Crippen LogP contribution in [0.15, 0.2) is 0 Å². The lowest BCUT2D eigenvalue weighted by molar-refractivity contribution is -0.149. The second kappa shape index (κ2) is 7.29. The number of alkyl halides is 3. The van der Waals surface area contributed by atoms with Crippen LogP contribution < -0.4 is 5.32 Å². The SMILES string of the molecule is CNC1(CCN2CCN(CC(F)(F)F)CC2)CCCCC1. The number of rotatable bonds is 5. The van der Waals surface area contributed by atoms with Gasteiger partial charge in [0.2, 0.25) is 0 Å². The minimum Gasteiger partial charge on any atom is -0.314 e.